The number of benzene rings is 2. The fourth-order valence-electron chi connectivity index (χ4n) is 5.32. The number of fused-ring (bicyclic) bond motifs is 4. The van der Waals surface area contributed by atoms with Gasteiger partial charge in [0.05, 0.1) is 16.9 Å². The molecule has 0 unspecified atom stereocenters. The van der Waals surface area contributed by atoms with Crippen LogP contribution in [0.1, 0.15) is 56.6 Å². The summed E-state index contributed by atoms with van der Waals surface area (Å²) in [5, 5.41) is 0.798. The van der Waals surface area contributed by atoms with Crippen LogP contribution in [0.3, 0.4) is 0 Å². The molecule has 0 N–H and O–H groups in total. The van der Waals surface area contributed by atoms with Gasteiger partial charge < -0.3 is 0 Å². The van der Waals surface area contributed by atoms with Gasteiger partial charge >= 0.3 is 0 Å². The van der Waals surface area contributed by atoms with Crippen molar-refractivity contribution in [1.29, 1.82) is 0 Å². The molecule has 1 fully saturated rings. The van der Waals surface area contributed by atoms with Gasteiger partial charge in [0.2, 0.25) is 0 Å². The van der Waals surface area contributed by atoms with Gasteiger partial charge in [-0.05, 0) is 49.4 Å². The number of aromatic nitrogens is 2. The Labute approximate surface area is 196 Å². The lowest BCUT2D eigenvalue weighted by molar-refractivity contribution is 0.283. The first-order valence-corrected chi connectivity index (χ1v) is 13.1. The monoisotopic (exact) mass is 494 g/mol. The predicted octanol–water partition coefficient (Wildman–Crippen LogP) is 6.92. The predicted molar refractivity (Wildman–Crippen MR) is 132 cm³/mol. The highest BCUT2D eigenvalue weighted by Gasteiger charge is 2.43. The highest BCUT2D eigenvalue weighted by molar-refractivity contribution is 9.10. The quantitative estimate of drug-likeness (QED) is 0.291. The normalized spacial score (nSPS) is 16.7. The van der Waals surface area contributed by atoms with Gasteiger partial charge in [0, 0.05) is 21.2 Å². The van der Waals surface area contributed by atoms with E-state index in [1.54, 1.807) is 11.8 Å². The van der Waals surface area contributed by atoms with E-state index in [9.17, 15) is 4.79 Å². The fourth-order valence-corrected chi connectivity index (χ4v) is 6.57. The summed E-state index contributed by atoms with van der Waals surface area (Å²) in [7, 11) is 0. The summed E-state index contributed by atoms with van der Waals surface area (Å²) in [5.74, 6) is 0.937. The topological polar surface area (TPSA) is 34.9 Å². The first-order chi connectivity index (χ1) is 15.1. The van der Waals surface area contributed by atoms with Crippen molar-refractivity contribution in [2.24, 2.45) is 0 Å². The largest absolute Gasteiger partial charge is 0.268 e. The average Bonchev–Trinajstić information content (AvgIpc) is 2.78. The molecule has 0 atom stereocenters. The molecule has 0 bridgehead atoms. The molecule has 3 nitrogen and oxygen atoms in total. The van der Waals surface area contributed by atoms with E-state index in [4.69, 9.17) is 4.98 Å². The summed E-state index contributed by atoms with van der Waals surface area (Å²) in [6.07, 6.45) is 7.77. The van der Waals surface area contributed by atoms with Crippen LogP contribution in [0, 0.1) is 0 Å². The Hall–Kier alpha value is -1.85. The van der Waals surface area contributed by atoms with Crippen LogP contribution in [0.15, 0.2) is 63.0 Å². The van der Waals surface area contributed by atoms with Crippen molar-refractivity contribution >= 4 is 27.7 Å². The zero-order chi connectivity index (χ0) is 21.4. The molecule has 1 aromatic heterocycles. The third kappa shape index (κ3) is 3.70. The molecule has 1 saturated carbocycles. The van der Waals surface area contributed by atoms with Crippen molar-refractivity contribution in [2.75, 3.05) is 5.75 Å². The molecular formula is C26H27BrN2OS. The Bertz CT molecular complexity index is 1180. The number of hydrogen-bond donors (Lipinski definition) is 0. The van der Waals surface area contributed by atoms with Gasteiger partial charge in [0.25, 0.3) is 5.56 Å². The molecule has 2 aliphatic carbocycles. The smallest absolute Gasteiger partial charge is 0.263 e. The third-order valence-electron chi connectivity index (χ3n) is 6.70. The van der Waals surface area contributed by atoms with Crippen molar-refractivity contribution in [3.8, 4) is 16.9 Å². The molecule has 2 aliphatic rings. The van der Waals surface area contributed by atoms with Crippen LogP contribution in [-0.2, 0) is 11.8 Å². The molecule has 5 rings (SSSR count). The van der Waals surface area contributed by atoms with Crippen molar-refractivity contribution in [2.45, 2.75) is 62.4 Å². The van der Waals surface area contributed by atoms with E-state index in [-0.39, 0.29) is 11.0 Å². The van der Waals surface area contributed by atoms with Crippen LogP contribution < -0.4 is 5.56 Å². The molecule has 3 aromatic rings. The standard InChI is InChI=1S/C26H27BrN2OS/c1-2-15-31-25-28-23-21-12-5-4-9-18(21)17-26(13-6-3-7-14-26)22(23)24(30)29(25)20-11-8-10-19(27)16-20/h4-5,8-12,16H,2-3,6-7,13-15,17H2,1H3. The SMILES string of the molecule is CCCSc1nc2c(c(=O)n1-c1cccc(Br)c1)C1(CCCCC1)Cc1ccccc1-2. The van der Waals surface area contributed by atoms with Crippen LogP contribution in [0.2, 0.25) is 0 Å². The minimum absolute atomic E-state index is 0.0895. The molecule has 0 amide bonds. The van der Waals surface area contributed by atoms with E-state index < -0.39 is 0 Å². The second kappa shape index (κ2) is 8.59. The van der Waals surface area contributed by atoms with Crippen LogP contribution in [0.5, 0.6) is 0 Å². The maximum absolute atomic E-state index is 14.3. The number of halogens is 1. The summed E-state index contributed by atoms with van der Waals surface area (Å²) >= 11 is 5.27. The number of hydrogen-bond acceptors (Lipinski definition) is 3. The first kappa shape index (κ1) is 21.0. The Kier molecular flexibility index (Phi) is 5.82. The molecular weight excluding hydrogens is 468 g/mol. The molecule has 0 aliphatic heterocycles. The molecule has 0 radical (unpaired) electrons. The van der Waals surface area contributed by atoms with Crippen molar-refractivity contribution in [1.82, 2.24) is 9.55 Å². The molecule has 160 valence electrons. The van der Waals surface area contributed by atoms with Gasteiger partial charge in [-0.15, -0.1) is 0 Å². The maximum atomic E-state index is 14.3. The van der Waals surface area contributed by atoms with Gasteiger partial charge in [-0.2, -0.15) is 0 Å². The second-order valence-electron chi connectivity index (χ2n) is 8.76. The molecule has 1 spiro atoms. The Morgan fingerprint density at radius 3 is 2.68 bits per heavy atom. The lowest BCUT2D eigenvalue weighted by Crippen LogP contribution is -2.42. The summed E-state index contributed by atoms with van der Waals surface area (Å²) in [6.45, 7) is 2.17. The van der Waals surface area contributed by atoms with E-state index >= 15 is 0 Å². The van der Waals surface area contributed by atoms with Gasteiger partial charge in [0.1, 0.15) is 0 Å². The van der Waals surface area contributed by atoms with Crippen LogP contribution in [0.25, 0.3) is 16.9 Å². The summed E-state index contributed by atoms with van der Waals surface area (Å²) in [4.78, 5) is 19.5. The molecule has 5 heteroatoms. The minimum atomic E-state index is -0.0895. The molecule has 2 aromatic carbocycles. The summed E-state index contributed by atoms with van der Waals surface area (Å²) in [5.41, 5.74) is 5.29. The van der Waals surface area contributed by atoms with E-state index in [1.165, 1.54) is 24.8 Å². The van der Waals surface area contributed by atoms with Crippen molar-refractivity contribution in [3.63, 3.8) is 0 Å². The first-order valence-electron chi connectivity index (χ1n) is 11.3. The zero-order valence-electron chi connectivity index (χ0n) is 17.9. The maximum Gasteiger partial charge on any atom is 0.263 e. The van der Waals surface area contributed by atoms with Gasteiger partial charge in [0.15, 0.2) is 5.16 Å². The van der Waals surface area contributed by atoms with Gasteiger partial charge in [-0.25, -0.2) is 4.98 Å². The van der Waals surface area contributed by atoms with E-state index in [0.29, 0.717) is 0 Å². The van der Waals surface area contributed by atoms with Gasteiger partial charge in [-0.1, -0.05) is 84.2 Å². The Balaban J connectivity index is 1.83. The zero-order valence-corrected chi connectivity index (χ0v) is 20.3. The molecule has 1 heterocycles. The molecule has 31 heavy (non-hydrogen) atoms. The number of nitrogens with zero attached hydrogens (tertiary/aromatic N) is 2. The third-order valence-corrected chi connectivity index (χ3v) is 8.33. The Morgan fingerprint density at radius 2 is 1.90 bits per heavy atom. The number of rotatable bonds is 4. The molecule has 0 saturated heterocycles. The highest BCUT2D eigenvalue weighted by atomic mass is 79.9. The lowest BCUT2D eigenvalue weighted by atomic mass is 9.62. The van der Waals surface area contributed by atoms with Crippen LogP contribution >= 0.6 is 27.7 Å². The van der Waals surface area contributed by atoms with Crippen molar-refractivity contribution < 1.29 is 0 Å². The van der Waals surface area contributed by atoms with Crippen LogP contribution in [0.4, 0.5) is 0 Å². The average molecular weight is 495 g/mol. The van der Waals surface area contributed by atoms with E-state index in [0.717, 1.165) is 63.6 Å². The van der Waals surface area contributed by atoms with Crippen LogP contribution in [-0.4, -0.2) is 15.3 Å². The highest BCUT2D eigenvalue weighted by Crippen LogP contribution is 2.49. The fraction of sp³-hybridized carbons (Fsp3) is 0.385. The summed E-state index contributed by atoms with van der Waals surface area (Å²) < 4.78 is 2.84. The van der Waals surface area contributed by atoms with Gasteiger partial charge in [-0.3, -0.25) is 9.36 Å². The Morgan fingerprint density at radius 1 is 1.10 bits per heavy atom. The van der Waals surface area contributed by atoms with E-state index in [2.05, 4.69) is 47.1 Å². The lowest BCUT2D eigenvalue weighted by Gasteiger charge is -2.42. The summed E-state index contributed by atoms with van der Waals surface area (Å²) in [6, 6.07) is 16.6. The second-order valence-corrected chi connectivity index (χ2v) is 10.7. The van der Waals surface area contributed by atoms with E-state index in [1.807, 2.05) is 28.8 Å². The van der Waals surface area contributed by atoms with Crippen molar-refractivity contribution in [3.05, 3.63) is 74.5 Å². The minimum Gasteiger partial charge on any atom is -0.268 e. The number of thioether (sulfide) groups is 1.